The van der Waals surface area contributed by atoms with E-state index < -0.39 is 16.1 Å². The number of thiophene rings is 1. The Kier molecular flexibility index (Phi) is 7.69. The Morgan fingerprint density at radius 1 is 1.19 bits per heavy atom. The number of nitrogens with zero attached hydrogens (tertiary/aromatic N) is 1. The van der Waals surface area contributed by atoms with Gasteiger partial charge in [0.05, 0.1) is 19.6 Å². The van der Waals surface area contributed by atoms with Gasteiger partial charge in [0.15, 0.2) is 0 Å². The highest BCUT2D eigenvalue weighted by Gasteiger charge is 2.29. The lowest BCUT2D eigenvalue weighted by molar-refractivity contribution is -0.120. The van der Waals surface area contributed by atoms with Crippen LogP contribution in [-0.2, 0) is 19.6 Å². The van der Waals surface area contributed by atoms with Crippen molar-refractivity contribution < 1.29 is 22.7 Å². The quantitative estimate of drug-likeness (QED) is 0.623. The summed E-state index contributed by atoms with van der Waals surface area (Å²) in [5.41, 5.74) is 0.356. The average molecular weight is 466 g/mol. The first-order valence-electron chi connectivity index (χ1n) is 10.1. The third-order valence-corrected chi connectivity index (χ3v) is 7.94. The zero-order valence-corrected chi connectivity index (χ0v) is 19.2. The van der Waals surface area contributed by atoms with Crippen LogP contribution in [0.3, 0.4) is 0 Å². The van der Waals surface area contributed by atoms with E-state index in [-0.39, 0.29) is 28.9 Å². The second-order valence-electron chi connectivity index (χ2n) is 7.35. The summed E-state index contributed by atoms with van der Waals surface area (Å²) in [7, 11) is -2.32. The van der Waals surface area contributed by atoms with Gasteiger partial charge in [-0.1, -0.05) is 12.5 Å². The Bertz CT molecular complexity index is 1020. The highest BCUT2D eigenvalue weighted by atomic mass is 32.2. The second-order valence-corrected chi connectivity index (χ2v) is 10.2. The van der Waals surface area contributed by atoms with Gasteiger partial charge in [-0.3, -0.25) is 9.59 Å². The summed E-state index contributed by atoms with van der Waals surface area (Å²) in [4.78, 5) is 25.1. The summed E-state index contributed by atoms with van der Waals surface area (Å²) in [6, 6.07) is 7.83. The largest absolute Gasteiger partial charge is 0.495 e. The van der Waals surface area contributed by atoms with Crippen LogP contribution in [0.25, 0.3) is 0 Å². The number of hydrogen-bond donors (Lipinski definition) is 2. The van der Waals surface area contributed by atoms with Gasteiger partial charge in [-0.05, 0) is 42.5 Å². The lowest BCUT2D eigenvalue weighted by Gasteiger charge is -2.26. The van der Waals surface area contributed by atoms with Crippen molar-refractivity contribution in [3.8, 4) is 5.75 Å². The maximum absolute atomic E-state index is 13.1. The first kappa shape index (κ1) is 23.2. The zero-order chi connectivity index (χ0) is 22.4. The molecule has 1 unspecified atom stereocenters. The third kappa shape index (κ3) is 5.84. The highest BCUT2D eigenvalue weighted by molar-refractivity contribution is 7.89. The lowest BCUT2D eigenvalue weighted by atomic mass is 10.1. The number of sulfonamides is 1. The van der Waals surface area contributed by atoms with Gasteiger partial charge in [0.2, 0.25) is 21.8 Å². The third-order valence-electron chi connectivity index (χ3n) is 5.03. The van der Waals surface area contributed by atoms with Crippen molar-refractivity contribution in [2.24, 2.45) is 0 Å². The van der Waals surface area contributed by atoms with Crippen LogP contribution in [0.15, 0.2) is 40.6 Å². The van der Waals surface area contributed by atoms with Crippen LogP contribution in [0.4, 0.5) is 5.69 Å². The normalized spacial score (nSPS) is 15.8. The molecule has 0 spiro atoms. The molecule has 31 heavy (non-hydrogen) atoms. The summed E-state index contributed by atoms with van der Waals surface area (Å²) in [5, 5.41) is 7.41. The number of ether oxygens (including phenoxy) is 1. The molecule has 2 aromatic rings. The Morgan fingerprint density at radius 2 is 1.94 bits per heavy atom. The molecule has 1 aromatic carbocycles. The molecule has 0 saturated carbocycles. The van der Waals surface area contributed by atoms with Gasteiger partial charge in [-0.25, -0.2) is 8.42 Å². The minimum atomic E-state index is -3.74. The molecule has 168 valence electrons. The summed E-state index contributed by atoms with van der Waals surface area (Å²) in [6.07, 6.45) is 2.69. The number of anilines is 1. The molecule has 0 radical (unpaired) electrons. The number of hydrogen-bond acceptors (Lipinski definition) is 6. The van der Waals surface area contributed by atoms with E-state index in [1.807, 2.05) is 17.5 Å². The lowest BCUT2D eigenvalue weighted by Crippen LogP contribution is -2.35. The number of benzene rings is 1. The SMILES string of the molecule is COc1ccc(NC(=O)CC(NC(C)=O)c2cccs2)cc1S(=O)(=O)N1CCCCC1. The molecule has 2 heterocycles. The highest BCUT2D eigenvalue weighted by Crippen LogP contribution is 2.31. The molecule has 10 heteroatoms. The number of piperidine rings is 1. The van der Waals surface area contributed by atoms with E-state index in [1.54, 1.807) is 6.07 Å². The molecule has 0 aliphatic carbocycles. The van der Waals surface area contributed by atoms with Crippen LogP contribution in [0.1, 0.15) is 43.5 Å². The molecular weight excluding hydrogens is 438 g/mol. The predicted octanol–water partition coefficient (Wildman–Crippen LogP) is 3.14. The number of carbonyl (C=O) groups is 2. The van der Waals surface area contributed by atoms with Gasteiger partial charge in [0, 0.05) is 30.6 Å². The summed E-state index contributed by atoms with van der Waals surface area (Å²) in [5.74, 6) is -0.331. The first-order chi connectivity index (χ1) is 14.8. The monoisotopic (exact) mass is 465 g/mol. The van der Waals surface area contributed by atoms with Crippen LogP contribution in [-0.4, -0.2) is 44.7 Å². The number of amides is 2. The van der Waals surface area contributed by atoms with Crippen molar-refractivity contribution >= 4 is 38.9 Å². The van der Waals surface area contributed by atoms with Crippen LogP contribution in [0.5, 0.6) is 5.75 Å². The fourth-order valence-corrected chi connectivity index (χ4v) is 6.03. The standard InChI is InChI=1S/C21H27N3O5S2/c1-15(25)22-17(19-7-6-12-30-19)14-21(26)23-16-8-9-18(29-2)20(13-16)31(27,28)24-10-4-3-5-11-24/h6-9,12-13,17H,3-5,10-11,14H2,1-2H3,(H,22,25)(H,23,26). The molecule has 1 aromatic heterocycles. The molecule has 1 saturated heterocycles. The van der Waals surface area contributed by atoms with Crippen LogP contribution < -0.4 is 15.4 Å². The van der Waals surface area contributed by atoms with E-state index in [0.717, 1.165) is 24.1 Å². The van der Waals surface area contributed by atoms with Gasteiger partial charge in [-0.15, -0.1) is 11.3 Å². The Balaban J connectivity index is 1.79. The van der Waals surface area contributed by atoms with E-state index in [1.165, 1.54) is 41.8 Å². The molecule has 0 bridgehead atoms. The Morgan fingerprint density at radius 3 is 2.55 bits per heavy atom. The minimum absolute atomic E-state index is 0.0281. The fourth-order valence-electron chi connectivity index (χ4n) is 3.56. The van der Waals surface area contributed by atoms with Crippen LogP contribution in [0, 0.1) is 0 Å². The van der Waals surface area contributed by atoms with E-state index >= 15 is 0 Å². The summed E-state index contributed by atoms with van der Waals surface area (Å²) in [6.45, 7) is 2.35. The van der Waals surface area contributed by atoms with E-state index in [9.17, 15) is 18.0 Å². The van der Waals surface area contributed by atoms with Gasteiger partial charge in [-0.2, -0.15) is 4.31 Å². The predicted molar refractivity (Wildman–Crippen MR) is 120 cm³/mol. The second kappa shape index (κ2) is 10.3. The van der Waals surface area contributed by atoms with E-state index in [4.69, 9.17) is 4.74 Å². The molecule has 1 aliphatic rings. The van der Waals surface area contributed by atoms with Crippen molar-refractivity contribution in [1.82, 2.24) is 9.62 Å². The molecule has 1 aliphatic heterocycles. The molecule has 1 atom stereocenters. The minimum Gasteiger partial charge on any atom is -0.495 e. The molecule has 3 rings (SSSR count). The van der Waals surface area contributed by atoms with Crippen LogP contribution in [0.2, 0.25) is 0 Å². The maximum Gasteiger partial charge on any atom is 0.246 e. The van der Waals surface area contributed by atoms with Crippen LogP contribution >= 0.6 is 11.3 Å². The maximum atomic E-state index is 13.1. The van der Waals surface area contributed by atoms with Crippen molar-refractivity contribution in [3.05, 3.63) is 40.6 Å². The van der Waals surface area contributed by atoms with Gasteiger partial charge in [0.1, 0.15) is 10.6 Å². The van der Waals surface area contributed by atoms with Crippen molar-refractivity contribution in [1.29, 1.82) is 0 Å². The van der Waals surface area contributed by atoms with Crippen molar-refractivity contribution in [2.45, 2.75) is 43.5 Å². The molecule has 8 nitrogen and oxygen atoms in total. The zero-order valence-electron chi connectivity index (χ0n) is 17.6. The Labute approximate surface area is 186 Å². The van der Waals surface area contributed by atoms with Gasteiger partial charge >= 0.3 is 0 Å². The fraction of sp³-hybridized carbons (Fsp3) is 0.429. The average Bonchev–Trinajstić information content (AvgIpc) is 3.28. The van der Waals surface area contributed by atoms with Gasteiger partial charge < -0.3 is 15.4 Å². The number of rotatable bonds is 8. The van der Waals surface area contributed by atoms with Crippen molar-refractivity contribution in [3.63, 3.8) is 0 Å². The Hall–Kier alpha value is -2.43. The molecule has 2 N–H and O–H groups in total. The summed E-state index contributed by atoms with van der Waals surface area (Å²) < 4.78 is 33.0. The van der Waals surface area contributed by atoms with Gasteiger partial charge in [0.25, 0.3) is 0 Å². The number of nitrogens with one attached hydrogen (secondary N) is 2. The number of carbonyl (C=O) groups excluding carboxylic acids is 2. The molecule has 2 amide bonds. The van der Waals surface area contributed by atoms with E-state index in [2.05, 4.69) is 10.6 Å². The number of methoxy groups -OCH3 is 1. The topological polar surface area (TPSA) is 105 Å². The van der Waals surface area contributed by atoms with E-state index in [0.29, 0.717) is 18.8 Å². The molecule has 1 fully saturated rings. The first-order valence-corrected chi connectivity index (χ1v) is 12.4. The molecular formula is C21H27N3O5S2. The smallest absolute Gasteiger partial charge is 0.246 e. The van der Waals surface area contributed by atoms with Crippen molar-refractivity contribution in [2.75, 3.05) is 25.5 Å². The summed E-state index contributed by atoms with van der Waals surface area (Å²) >= 11 is 1.45.